The summed E-state index contributed by atoms with van der Waals surface area (Å²) >= 11 is 7.21. The zero-order chi connectivity index (χ0) is 20.0. The average molecular weight is 412 g/mol. The lowest BCUT2D eigenvalue weighted by Gasteiger charge is -2.10. The molecule has 0 fully saturated rings. The van der Waals surface area contributed by atoms with Crippen molar-refractivity contribution in [3.63, 3.8) is 0 Å². The number of carbonyl (C=O) groups is 2. The van der Waals surface area contributed by atoms with E-state index in [2.05, 4.69) is 15.3 Å². The normalized spacial score (nSPS) is 10.6. The van der Waals surface area contributed by atoms with Crippen molar-refractivity contribution in [1.29, 1.82) is 0 Å². The van der Waals surface area contributed by atoms with Gasteiger partial charge in [-0.05, 0) is 50.3 Å². The monoisotopic (exact) mass is 411 g/mol. The summed E-state index contributed by atoms with van der Waals surface area (Å²) in [5.74, 6) is -1.81. The summed E-state index contributed by atoms with van der Waals surface area (Å²) in [4.78, 5) is 32.4. The molecule has 144 valence electrons. The molecule has 0 saturated heterocycles. The summed E-state index contributed by atoms with van der Waals surface area (Å²) in [7, 11) is 0. The number of hydrogen-bond acceptors (Lipinski definition) is 6. The number of nitrogens with one attached hydrogen (secondary N) is 1. The molecule has 6 nitrogen and oxygen atoms in total. The Bertz CT molecular complexity index is 841. The van der Waals surface area contributed by atoms with Gasteiger partial charge in [0.05, 0.1) is 5.69 Å². The minimum Gasteiger partial charge on any atom is -0.456 e. The Morgan fingerprint density at radius 2 is 1.93 bits per heavy atom. The quantitative estimate of drug-likeness (QED) is 0.425. The molecule has 0 bridgehead atoms. The predicted octanol–water partition coefficient (Wildman–Crippen LogP) is 3.72. The number of hydrogen-bond donors (Lipinski definition) is 1. The molecule has 1 heterocycles. The fourth-order valence-corrected chi connectivity index (χ4v) is 3.02. The summed E-state index contributed by atoms with van der Waals surface area (Å²) in [6, 6.07) is 3.78. The molecular weight excluding hydrogens is 393 g/mol. The first-order valence-corrected chi connectivity index (χ1v) is 9.69. The zero-order valence-electron chi connectivity index (χ0n) is 15.1. The van der Waals surface area contributed by atoms with Crippen LogP contribution in [0, 0.1) is 19.7 Å². The Morgan fingerprint density at radius 1 is 1.26 bits per heavy atom. The van der Waals surface area contributed by atoms with Crippen LogP contribution in [0.5, 0.6) is 0 Å². The molecule has 0 aliphatic heterocycles. The second-order valence-electron chi connectivity index (χ2n) is 5.69. The molecule has 1 aromatic carbocycles. The minimum absolute atomic E-state index is 0.0687. The van der Waals surface area contributed by atoms with Gasteiger partial charge in [-0.2, -0.15) is 0 Å². The molecule has 0 radical (unpaired) electrons. The number of nitrogens with zero attached hydrogens (tertiary/aromatic N) is 2. The van der Waals surface area contributed by atoms with Crippen LogP contribution in [0.4, 0.5) is 10.1 Å². The first-order valence-electron chi connectivity index (χ1n) is 8.08. The van der Waals surface area contributed by atoms with Crippen molar-refractivity contribution in [2.24, 2.45) is 0 Å². The van der Waals surface area contributed by atoms with E-state index in [1.54, 1.807) is 0 Å². The van der Waals surface area contributed by atoms with E-state index in [1.165, 1.54) is 23.9 Å². The van der Waals surface area contributed by atoms with E-state index in [1.807, 2.05) is 20.1 Å². The molecule has 0 aliphatic carbocycles. The molecule has 0 atom stereocenters. The van der Waals surface area contributed by atoms with Gasteiger partial charge in [-0.15, -0.1) is 0 Å². The fourth-order valence-electron chi connectivity index (χ4n) is 2.39. The van der Waals surface area contributed by atoms with Crippen molar-refractivity contribution in [3.05, 3.63) is 46.0 Å². The lowest BCUT2D eigenvalue weighted by atomic mass is 10.1. The molecule has 1 N–H and O–H groups in total. The maximum absolute atomic E-state index is 13.6. The van der Waals surface area contributed by atoms with Gasteiger partial charge in [-0.3, -0.25) is 9.59 Å². The second-order valence-corrected chi connectivity index (χ2v) is 6.90. The van der Waals surface area contributed by atoms with Gasteiger partial charge >= 0.3 is 5.97 Å². The van der Waals surface area contributed by atoms with Crippen LogP contribution in [-0.4, -0.2) is 34.7 Å². The molecular formula is C18H19ClFN3O3S. The molecule has 0 unspecified atom stereocenters. The van der Waals surface area contributed by atoms with E-state index in [4.69, 9.17) is 16.3 Å². The molecule has 0 saturated carbocycles. The van der Waals surface area contributed by atoms with Gasteiger partial charge in [-0.25, -0.2) is 14.4 Å². The lowest BCUT2D eigenvalue weighted by molar-refractivity contribution is -0.147. The molecule has 9 heteroatoms. The van der Waals surface area contributed by atoms with Gasteiger partial charge in [0.2, 0.25) is 0 Å². The van der Waals surface area contributed by atoms with Gasteiger partial charge in [0.1, 0.15) is 5.82 Å². The van der Waals surface area contributed by atoms with Crippen LogP contribution in [0.3, 0.4) is 0 Å². The third kappa shape index (κ3) is 6.18. The predicted molar refractivity (Wildman–Crippen MR) is 103 cm³/mol. The largest absolute Gasteiger partial charge is 0.456 e. The van der Waals surface area contributed by atoms with Crippen LogP contribution in [-0.2, 0) is 20.7 Å². The van der Waals surface area contributed by atoms with Crippen molar-refractivity contribution in [3.8, 4) is 0 Å². The third-order valence-electron chi connectivity index (χ3n) is 3.73. The van der Waals surface area contributed by atoms with Crippen LogP contribution in [0.25, 0.3) is 0 Å². The van der Waals surface area contributed by atoms with E-state index in [0.717, 1.165) is 23.0 Å². The first kappa shape index (κ1) is 21.1. The number of ether oxygens (including phenoxy) is 1. The van der Waals surface area contributed by atoms with Crippen LogP contribution < -0.4 is 5.32 Å². The third-order valence-corrected chi connectivity index (χ3v) is 4.51. The number of carbonyl (C=O) groups excluding carboxylic acids is 2. The maximum Gasteiger partial charge on any atom is 0.306 e. The number of aromatic nitrogens is 2. The number of rotatable bonds is 7. The highest BCUT2D eigenvalue weighted by Gasteiger charge is 2.13. The Labute approximate surface area is 165 Å². The lowest BCUT2D eigenvalue weighted by Crippen LogP contribution is -2.21. The SMILES string of the molecule is CSc1nc(C)c(CCC(=O)OCC(=O)Nc2cc(Cl)ccc2F)c(C)n1. The van der Waals surface area contributed by atoms with Crippen LogP contribution in [0.1, 0.15) is 23.4 Å². The van der Waals surface area contributed by atoms with Crippen molar-refractivity contribution >= 4 is 40.9 Å². The highest BCUT2D eigenvalue weighted by atomic mass is 35.5. The highest BCUT2D eigenvalue weighted by Crippen LogP contribution is 2.19. The Kier molecular flexibility index (Phi) is 7.55. The van der Waals surface area contributed by atoms with Gasteiger partial charge in [-0.1, -0.05) is 23.4 Å². The van der Waals surface area contributed by atoms with Crippen LogP contribution in [0.15, 0.2) is 23.4 Å². The van der Waals surface area contributed by atoms with Gasteiger partial charge in [0, 0.05) is 22.8 Å². The van der Waals surface area contributed by atoms with Gasteiger partial charge in [0.25, 0.3) is 5.91 Å². The molecule has 0 spiro atoms. The van der Waals surface area contributed by atoms with E-state index in [9.17, 15) is 14.0 Å². The summed E-state index contributed by atoms with van der Waals surface area (Å²) in [6.07, 6.45) is 2.39. The maximum atomic E-state index is 13.6. The number of anilines is 1. The molecule has 1 amide bonds. The number of amides is 1. The fraction of sp³-hybridized carbons (Fsp3) is 0.333. The van der Waals surface area contributed by atoms with Crippen molar-refractivity contribution < 1.29 is 18.7 Å². The standard InChI is InChI=1S/C18H19ClFN3O3S/c1-10-13(11(2)22-18(21-10)27-3)5-7-17(25)26-9-16(24)23-15-8-12(19)4-6-14(15)20/h4,6,8H,5,7,9H2,1-3H3,(H,23,24). The highest BCUT2D eigenvalue weighted by molar-refractivity contribution is 7.98. The Balaban J connectivity index is 1.84. The number of esters is 1. The Hall–Kier alpha value is -2.19. The van der Waals surface area contributed by atoms with Crippen molar-refractivity contribution in [1.82, 2.24) is 9.97 Å². The molecule has 2 aromatic rings. The smallest absolute Gasteiger partial charge is 0.306 e. The van der Waals surface area contributed by atoms with Crippen molar-refractivity contribution in [2.45, 2.75) is 31.8 Å². The number of benzene rings is 1. The average Bonchev–Trinajstić information content (AvgIpc) is 2.62. The summed E-state index contributed by atoms with van der Waals surface area (Å²) in [5, 5.41) is 3.28. The molecule has 27 heavy (non-hydrogen) atoms. The van der Waals surface area contributed by atoms with Crippen molar-refractivity contribution in [2.75, 3.05) is 18.2 Å². The second kappa shape index (κ2) is 9.66. The van der Waals surface area contributed by atoms with E-state index >= 15 is 0 Å². The van der Waals surface area contributed by atoms with E-state index < -0.39 is 24.3 Å². The topological polar surface area (TPSA) is 81.2 Å². The molecule has 1 aromatic heterocycles. The molecule has 2 rings (SSSR count). The number of halogens is 2. The summed E-state index contributed by atoms with van der Waals surface area (Å²) in [6.45, 7) is 3.22. The minimum atomic E-state index is -0.649. The van der Waals surface area contributed by atoms with E-state index in [-0.39, 0.29) is 17.1 Å². The van der Waals surface area contributed by atoms with E-state index in [0.29, 0.717) is 11.6 Å². The van der Waals surface area contributed by atoms with Crippen LogP contribution in [0.2, 0.25) is 5.02 Å². The Morgan fingerprint density at radius 3 is 2.56 bits per heavy atom. The zero-order valence-corrected chi connectivity index (χ0v) is 16.7. The first-order chi connectivity index (χ1) is 12.8. The molecule has 0 aliphatic rings. The van der Waals surface area contributed by atoms with Gasteiger partial charge < -0.3 is 10.1 Å². The summed E-state index contributed by atoms with van der Waals surface area (Å²) < 4.78 is 18.5. The number of aryl methyl sites for hydroxylation is 2. The van der Waals surface area contributed by atoms with Crippen LogP contribution >= 0.6 is 23.4 Å². The van der Waals surface area contributed by atoms with Gasteiger partial charge in [0.15, 0.2) is 11.8 Å². The summed E-state index contributed by atoms with van der Waals surface area (Å²) in [5.41, 5.74) is 2.44. The number of thioether (sulfide) groups is 1.